The van der Waals surface area contributed by atoms with Gasteiger partial charge in [-0.25, -0.2) is 14.6 Å². The largest absolute Gasteiger partial charge is 0.481 e. The lowest BCUT2D eigenvalue weighted by Crippen LogP contribution is -2.53. The number of hydrogen-bond donors (Lipinski definition) is 0. The van der Waals surface area contributed by atoms with Gasteiger partial charge in [0.2, 0.25) is 11.7 Å². The van der Waals surface area contributed by atoms with Crippen molar-refractivity contribution in [3.8, 4) is 5.75 Å². The Morgan fingerprint density at radius 2 is 1.82 bits per heavy atom. The van der Waals surface area contributed by atoms with E-state index in [4.69, 9.17) is 14.2 Å². The maximum absolute atomic E-state index is 13.5. The van der Waals surface area contributed by atoms with Crippen LogP contribution in [0.1, 0.15) is 36.8 Å². The fourth-order valence-corrected chi connectivity index (χ4v) is 4.30. The van der Waals surface area contributed by atoms with Gasteiger partial charge in [0.05, 0.1) is 12.8 Å². The van der Waals surface area contributed by atoms with Gasteiger partial charge in [-0.15, -0.1) is 0 Å². The van der Waals surface area contributed by atoms with Gasteiger partial charge in [-0.3, -0.25) is 18.9 Å². The Morgan fingerprint density at radius 1 is 1.11 bits per heavy atom. The highest BCUT2D eigenvalue weighted by atomic mass is 79.9. The van der Waals surface area contributed by atoms with Crippen LogP contribution in [-0.4, -0.2) is 64.6 Å². The van der Waals surface area contributed by atoms with E-state index in [-0.39, 0.29) is 49.0 Å². The van der Waals surface area contributed by atoms with Crippen LogP contribution in [0.4, 0.5) is 10.5 Å². The average Bonchev–Trinajstić information content (AvgIpc) is 2.87. The number of carbonyl (C=O) groups excluding carboxylic acids is 3. The van der Waals surface area contributed by atoms with E-state index in [1.807, 2.05) is 30.3 Å². The van der Waals surface area contributed by atoms with E-state index in [0.29, 0.717) is 4.47 Å². The lowest BCUT2D eigenvalue weighted by molar-refractivity contribution is -0.121. The van der Waals surface area contributed by atoms with E-state index in [0.717, 1.165) is 5.56 Å². The second kappa shape index (κ2) is 10.8. The molecule has 0 unspecified atom stereocenters. The van der Waals surface area contributed by atoms with E-state index < -0.39 is 29.1 Å². The van der Waals surface area contributed by atoms with Crippen LogP contribution >= 0.6 is 15.9 Å². The zero-order chi connectivity index (χ0) is 27.6. The number of nitrogens with zero attached hydrogens (tertiary/aromatic N) is 4. The highest BCUT2D eigenvalue weighted by molar-refractivity contribution is 9.10. The predicted molar refractivity (Wildman–Crippen MR) is 141 cm³/mol. The van der Waals surface area contributed by atoms with Crippen LogP contribution < -0.4 is 15.2 Å². The number of piperazine rings is 1. The second-order valence-electron chi connectivity index (χ2n) is 9.54. The number of rotatable bonds is 5. The minimum atomic E-state index is -0.859. The molecule has 0 radical (unpaired) electrons. The highest BCUT2D eigenvalue weighted by Gasteiger charge is 2.33. The number of anilines is 1. The first-order valence-corrected chi connectivity index (χ1v) is 12.6. The Kier molecular flexibility index (Phi) is 7.72. The number of methoxy groups -OCH3 is 1. The Labute approximate surface area is 227 Å². The maximum atomic E-state index is 13.5. The summed E-state index contributed by atoms with van der Waals surface area (Å²) in [5.74, 6) is -1.54. The van der Waals surface area contributed by atoms with Gasteiger partial charge >= 0.3 is 17.6 Å². The molecule has 3 aromatic rings. The van der Waals surface area contributed by atoms with Gasteiger partial charge < -0.3 is 19.1 Å². The number of halogens is 1. The van der Waals surface area contributed by atoms with Gasteiger partial charge in [0, 0.05) is 23.8 Å². The van der Waals surface area contributed by atoms with Gasteiger partial charge in [-0.2, -0.15) is 0 Å². The lowest BCUT2D eigenvalue weighted by Gasteiger charge is -2.35. The molecule has 0 saturated carbocycles. The van der Waals surface area contributed by atoms with Gasteiger partial charge in [0.25, 0.3) is 0 Å². The van der Waals surface area contributed by atoms with E-state index in [1.165, 1.54) is 27.5 Å². The first-order chi connectivity index (χ1) is 18.0. The number of benzene rings is 1. The molecule has 2 aromatic heterocycles. The minimum absolute atomic E-state index is 0.0276. The van der Waals surface area contributed by atoms with Crippen molar-refractivity contribution >= 4 is 45.2 Å². The van der Waals surface area contributed by atoms with Gasteiger partial charge in [-0.05, 0) is 48.3 Å². The lowest BCUT2D eigenvalue weighted by atomic mass is 10.2. The SMILES string of the molecule is COC(=O)c1nc2c(N3CCN(C(=O)OC(C)(C)C)CC3=O)cc(Br)cn2c(=O)c1OCc1ccccc1. The molecule has 38 heavy (non-hydrogen) atoms. The summed E-state index contributed by atoms with van der Waals surface area (Å²) in [7, 11) is 1.18. The van der Waals surface area contributed by atoms with Crippen molar-refractivity contribution in [2.75, 3.05) is 31.6 Å². The summed E-state index contributed by atoms with van der Waals surface area (Å²) in [6, 6.07) is 10.8. The highest BCUT2D eigenvalue weighted by Crippen LogP contribution is 2.28. The van der Waals surface area contributed by atoms with Crippen LogP contribution in [0.3, 0.4) is 0 Å². The van der Waals surface area contributed by atoms with Crippen LogP contribution in [0.2, 0.25) is 0 Å². The van der Waals surface area contributed by atoms with Gasteiger partial charge in [0.1, 0.15) is 18.8 Å². The molecule has 1 aliphatic rings. The predicted octanol–water partition coefficient (Wildman–Crippen LogP) is 3.41. The first-order valence-electron chi connectivity index (χ1n) is 11.8. The minimum Gasteiger partial charge on any atom is -0.481 e. The summed E-state index contributed by atoms with van der Waals surface area (Å²) in [5, 5.41) is 0. The molecule has 1 fully saturated rings. The molecule has 1 saturated heterocycles. The van der Waals surface area contributed by atoms with E-state index in [2.05, 4.69) is 20.9 Å². The number of fused-ring (bicyclic) bond motifs is 1. The Hall–Kier alpha value is -3.93. The molecule has 3 heterocycles. The first kappa shape index (κ1) is 27.1. The fourth-order valence-electron chi connectivity index (χ4n) is 3.88. The molecule has 12 heteroatoms. The summed E-state index contributed by atoms with van der Waals surface area (Å²) >= 11 is 3.39. The normalized spacial score (nSPS) is 14.0. The Balaban J connectivity index is 1.73. The van der Waals surface area contributed by atoms with Crippen LogP contribution in [0.5, 0.6) is 5.75 Å². The number of esters is 1. The zero-order valence-corrected chi connectivity index (χ0v) is 23.0. The summed E-state index contributed by atoms with van der Waals surface area (Å²) in [4.78, 5) is 58.9. The number of pyridine rings is 1. The van der Waals surface area contributed by atoms with E-state index in [9.17, 15) is 19.2 Å². The molecule has 200 valence electrons. The van der Waals surface area contributed by atoms with Crippen LogP contribution in [-0.2, 0) is 20.9 Å². The average molecular weight is 587 g/mol. The molecule has 4 rings (SSSR count). The number of amides is 2. The topological polar surface area (TPSA) is 120 Å². The number of ether oxygens (including phenoxy) is 3. The standard InChI is InChI=1S/C26H27BrN4O7/c1-26(2,3)38-25(35)29-10-11-30(19(32)14-29)18-12-17(27)13-31-22(18)28-20(24(34)36-4)21(23(31)33)37-15-16-8-6-5-7-9-16/h5-9,12-13H,10-11,14-15H2,1-4H3. The third-order valence-corrected chi connectivity index (χ3v) is 6.03. The number of aromatic nitrogens is 2. The molecular weight excluding hydrogens is 560 g/mol. The van der Waals surface area contributed by atoms with Crippen molar-refractivity contribution in [3.05, 3.63) is 68.7 Å². The molecule has 1 aromatic carbocycles. The van der Waals surface area contributed by atoms with Crippen molar-refractivity contribution in [2.24, 2.45) is 0 Å². The Bertz CT molecular complexity index is 1450. The van der Waals surface area contributed by atoms with Gasteiger partial charge in [0.15, 0.2) is 11.3 Å². The number of carbonyl (C=O) groups is 3. The van der Waals surface area contributed by atoms with E-state index in [1.54, 1.807) is 26.8 Å². The van der Waals surface area contributed by atoms with E-state index >= 15 is 0 Å². The van der Waals surface area contributed by atoms with Crippen molar-refractivity contribution in [1.29, 1.82) is 0 Å². The smallest absolute Gasteiger partial charge is 0.410 e. The Morgan fingerprint density at radius 3 is 2.45 bits per heavy atom. The molecule has 0 N–H and O–H groups in total. The molecule has 0 atom stereocenters. The zero-order valence-electron chi connectivity index (χ0n) is 21.4. The number of hydrogen-bond acceptors (Lipinski definition) is 8. The molecular formula is C26H27BrN4O7. The molecule has 0 spiro atoms. The van der Waals surface area contributed by atoms with Crippen LogP contribution in [0.25, 0.3) is 5.65 Å². The van der Waals surface area contributed by atoms with Crippen molar-refractivity contribution in [2.45, 2.75) is 33.0 Å². The van der Waals surface area contributed by atoms with Crippen molar-refractivity contribution in [3.63, 3.8) is 0 Å². The summed E-state index contributed by atoms with van der Waals surface area (Å²) in [5.41, 5.74) is -0.524. The summed E-state index contributed by atoms with van der Waals surface area (Å²) in [6.07, 6.45) is 0.888. The molecule has 0 aliphatic carbocycles. The third kappa shape index (κ3) is 5.80. The fraction of sp³-hybridized carbons (Fsp3) is 0.346. The van der Waals surface area contributed by atoms with Crippen LogP contribution in [0, 0.1) is 0 Å². The third-order valence-electron chi connectivity index (χ3n) is 5.60. The second-order valence-corrected chi connectivity index (χ2v) is 10.5. The maximum Gasteiger partial charge on any atom is 0.410 e. The van der Waals surface area contributed by atoms with Crippen molar-refractivity contribution < 1.29 is 28.6 Å². The quantitative estimate of drug-likeness (QED) is 0.417. The van der Waals surface area contributed by atoms with Crippen molar-refractivity contribution in [1.82, 2.24) is 14.3 Å². The van der Waals surface area contributed by atoms with Gasteiger partial charge in [-0.1, -0.05) is 30.3 Å². The molecule has 2 amide bonds. The summed E-state index contributed by atoms with van der Waals surface area (Å²) in [6.45, 7) is 5.37. The van der Waals surface area contributed by atoms with Crippen LogP contribution in [0.15, 0.2) is 51.9 Å². The summed E-state index contributed by atoms with van der Waals surface area (Å²) < 4.78 is 17.7. The molecule has 1 aliphatic heterocycles. The monoisotopic (exact) mass is 586 g/mol. The molecule has 11 nitrogen and oxygen atoms in total. The molecule has 0 bridgehead atoms.